The van der Waals surface area contributed by atoms with Gasteiger partial charge < -0.3 is 20.9 Å². The van der Waals surface area contributed by atoms with Crippen LogP contribution in [0.4, 0.5) is 17.1 Å². The average Bonchev–Trinajstić information content (AvgIpc) is 2.88. The molecule has 3 aromatic rings. The van der Waals surface area contributed by atoms with Crippen molar-refractivity contribution in [3.05, 3.63) is 88.5 Å². The first-order valence-corrected chi connectivity index (χ1v) is 12.6. The summed E-state index contributed by atoms with van der Waals surface area (Å²) in [6.45, 7) is 10.0. The molecule has 1 fully saturated rings. The van der Waals surface area contributed by atoms with Crippen LogP contribution in [-0.4, -0.2) is 38.4 Å². The van der Waals surface area contributed by atoms with Crippen LogP contribution in [0.3, 0.4) is 0 Å². The Bertz CT molecular complexity index is 1310. The molecule has 2 aliphatic rings. The second-order valence-corrected chi connectivity index (χ2v) is 10.4. The van der Waals surface area contributed by atoms with E-state index in [1.165, 1.54) is 16.8 Å². The third-order valence-corrected chi connectivity index (χ3v) is 7.86. The van der Waals surface area contributed by atoms with Gasteiger partial charge in [0.25, 0.3) is 0 Å². The quantitative estimate of drug-likeness (QED) is 0.518. The summed E-state index contributed by atoms with van der Waals surface area (Å²) in [5.41, 5.74) is 13.7. The molecule has 0 radical (unpaired) electrons. The number of hydrogen-bond donors (Lipinski definition) is 2. The van der Waals surface area contributed by atoms with Gasteiger partial charge in [0.15, 0.2) is 0 Å². The number of primary amides is 1. The zero-order valence-corrected chi connectivity index (χ0v) is 21.3. The van der Waals surface area contributed by atoms with Gasteiger partial charge in [-0.05, 0) is 80.3 Å². The zero-order valence-electron chi connectivity index (χ0n) is 21.3. The average molecular weight is 483 g/mol. The van der Waals surface area contributed by atoms with E-state index in [1.807, 2.05) is 19.1 Å². The molecule has 3 N–H and O–H groups in total. The standard InChI is InChI=1S/C30H34N4O2/c1-20-7-10-27(21(2)15-20)34-13-11-33(12-14-34)25-6-4-5-23(17-25)28-30(3,29(31)36)18-24-16-22(19-35)8-9-26(24)32-28/h4-10,15-17,19,28,32H,11-14,18H2,1-3H3,(H2,31,36). The minimum Gasteiger partial charge on any atom is -0.377 e. The van der Waals surface area contributed by atoms with Crippen molar-refractivity contribution in [2.75, 3.05) is 41.3 Å². The Morgan fingerprint density at radius 3 is 2.44 bits per heavy atom. The van der Waals surface area contributed by atoms with Gasteiger partial charge in [0.2, 0.25) is 5.91 Å². The second-order valence-electron chi connectivity index (χ2n) is 10.4. The highest BCUT2D eigenvalue weighted by Crippen LogP contribution is 2.45. The summed E-state index contributed by atoms with van der Waals surface area (Å²) in [6, 6.07) is 20.4. The third kappa shape index (κ3) is 4.32. The maximum Gasteiger partial charge on any atom is 0.226 e. The maximum atomic E-state index is 12.7. The molecule has 3 aromatic carbocycles. The van der Waals surface area contributed by atoms with E-state index in [0.717, 1.165) is 55.0 Å². The molecule has 5 rings (SSSR count). The third-order valence-electron chi connectivity index (χ3n) is 7.86. The molecule has 2 heterocycles. The number of nitrogens with zero attached hydrogens (tertiary/aromatic N) is 2. The fraction of sp³-hybridized carbons (Fsp3) is 0.333. The van der Waals surface area contributed by atoms with Gasteiger partial charge in [0, 0.05) is 48.8 Å². The van der Waals surface area contributed by atoms with Crippen LogP contribution in [0, 0.1) is 19.3 Å². The van der Waals surface area contributed by atoms with Crippen molar-refractivity contribution in [3.8, 4) is 0 Å². The Morgan fingerprint density at radius 1 is 1.00 bits per heavy atom. The van der Waals surface area contributed by atoms with Crippen LogP contribution < -0.4 is 20.9 Å². The first kappa shape index (κ1) is 23.9. The van der Waals surface area contributed by atoms with Crippen LogP contribution in [0.15, 0.2) is 60.7 Å². The van der Waals surface area contributed by atoms with Crippen molar-refractivity contribution in [1.29, 1.82) is 0 Å². The molecule has 6 nitrogen and oxygen atoms in total. The minimum absolute atomic E-state index is 0.263. The highest BCUT2D eigenvalue weighted by Gasteiger charge is 2.44. The van der Waals surface area contributed by atoms with Crippen molar-refractivity contribution in [2.24, 2.45) is 11.1 Å². The molecule has 0 aromatic heterocycles. The van der Waals surface area contributed by atoms with Crippen LogP contribution >= 0.6 is 0 Å². The number of benzene rings is 3. The van der Waals surface area contributed by atoms with Gasteiger partial charge in [-0.2, -0.15) is 0 Å². The van der Waals surface area contributed by atoms with Gasteiger partial charge >= 0.3 is 0 Å². The topological polar surface area (TPSA) is 78.7 Å². The van der Waals surface area contributed by atoms with E-state index in [0.29, 0.717) is 12.0 Å². The highest BCUT2D eigenvalue weighted by atomic mass is 16.1. The summed E-state index contributed by atoms with van der Waals surface area (Å²) in [5, 5.41) is 3.56. The number of nitrogens with two attached hydrogens (primary N) is 1. The molecule has 36 heavy (non-hydrogen) atoms. The predicted octanol–water partition coefficient (Wildman–Crippen LogP) is 4.64. The molecule has 0 aliphatic carbocycles. The zero-order chi connectivity index (χ0) is 25.4. The fourth-order valence-corrected chi connectivity index (χ4v) is 5.73. The molecule has 1 amide bonds. The Balaban J connectivity index is 1.38. The lowest BCUT2D eigenvalue weighted by molar-refractivity contribution is -0.127. The molecule has 0 saturated carbocycles. The number of nitrogens with one attached hydrogen (secondary N) is 1. The first-order chi connectivity index (χ1) is 17.3. The van der Waals surface area contributed by atoms with Crippen LogP contribution in [-0.2, 0) is 11.2 Å². The molecule has 2 aliphatic heterocycles. The molecular formula is C30H34N4O2. The maximum absolute atomic E-state index is 12.7. The summed E-state index contributed by atoms with van der Waals surface area (Å²) >= 11 is 0. The van der Waals surface area contributed by atoms with Crippen LogP contribution in [0.2, 0.25) is 0 Å². The lowest BCUT2D eigenvalue weighted by Crippen LogP contribution is -2.47. The number of hydrogen-bond acceptors (Lipinski definition) is 5. The molecule has 2 unspecified atom stereocenters. The van der Waals surface area contributed by atoms with Crippen molar-refractivity contribution >= 4 is 29.3 Å². The number of rotatable bonds is 5. The summed E-state index contributed by atoms with van der Waals surface area (Å²) in [6.07, 6.45) is 1.31. The number of piperazine rings is 1. The first-order valence-electron chi connectivity index (χ1n) is 12.6. The molecule has 1 saturated heterocycles. The summed E-state index contributed by atoms with van der Waals surface area (Å²) in [4.78, 5) is 28.9. The van der Waals surface area contributed by atoms with Gasteiger partial charge in [0.05, 0.1) is 11.5 Å². The molecule has 0 spiro atoms. The van der Waals surface area contributed by atoms with Gasteiger partial charge in [0.1, 0.15) is 6.29 Å². The normalized spacial score (nSPS) is 21.5. The largest absolute Gasteiger partial charge is 0.377 e. The highest BCUT2D eigenvalue weighted by molar-refractivity contribution is 5.85. The number of aryl methyl sites for hydroxylation is 2. The number of amides is 1. The summed E-state index contributed by atoms with van der Waals surface area (Å²) in [7, 11) is 0. The van der Waals surface area contributed by atoms with Gasteiger partial charge in [-0.15, -0.1) is 0 Å². The van der Waals surface area contributed by atoms with Crippen LogP contribution in [0.5, 0.6) is 0 Å². The van der Waals surface area contributed by atoms with Crippen molar-refractivity contribution < 1.29 is 9.59 Å². The number of carbonyl (C=O) groups excluding carboxylic acids is 2. The van der Waals surface area contributed by atoms with Crippen molar-refractivity contribution in [1.82, 2.24) is 0 Å². The Kier molecular flexibility index (Phi) is 6.20. The number of anilines is 3. The molecular weight excluding hydrogens is 448 g/mol. The van der Waals surface area contributed by atoms with Gasteiger partial charge in [-0.3, -0.25) is 9.59 Å². The Hall–Kier alpha value is -3.80. The molecule has 0 bridgehead atoms. The monoisotopic (exact) mass is 482 g/mol. The summed E-state index contributed by atoms with van der Waals surface area (Å²) in [5.74, 6) is -0.352. The predicted molar refractivity (Wildman–Crippen MR) is 146 cm³/mol. The van der Waals surface area contributed by atoms with E-state index in [-0.39, 0.29) is 11.9 Å². The summed E-state index contributed by atoms with van der Waals surface area (Å²) < 4.78 is 0. The molecule has 186 valence electrons. The van der Waals surface area contributed by atoms with Gasteiger partial charge in [-0.25, -0.2) is 0 Å². The minimum atomic E-state index is -0.825. The SMILES string of the molecule is Cc1ccc(N2CCN(c3cccc(C4Nc5ccc(C=O)cc5CC4(C)C(N)=O)c3)CC2)c(C)c1. The lowest BCUT2D eigenvalue weighted by atomic mass is 9.70. The number of carbonyl (C=O) groups is 2. The van der Waals surface area contributed by atoms with E-state index in [4.69, 9.17) is 5.73 Å². The molecule has 6 heteroatoms. The van der Waals surface area contributed by atoms with E-state index >= 15 is 0 Å². The van der Waals surface area contributed by atoms with Crippen molar-refractivity contribution in [3.63, 3.8) is 0 Å². The van der Waals surface area contributed by atoms with E-state index in [9.17, 15) is 9.59 Å². The fourth-order valence-electron chi connectivity index (χ4n) is 5.73. The van der Waals surface area contributed by atoms with Crippen molar-refractivity contribution in [2.45, 2.75) is 33.2 Å². The molecule has 2 atom stereocenters. The Morgan fingerprint density at radius 2 is 1.75 bits per heavy atom. The van der Waals surface area contributed by atoms with Crippen LogP contribution in [0.25, 0.3) is 0 Å². The smallest absolute Gasteiger partial charge is 0.226 e. The van der Waals surface area contributed by atoms with E-state index < -0.39 is 5.41 Å². The number of aldehydes is 1. The van der Waals surface area contributed by atoms with E-state index in [2.05, 4.69) is 71.4 Å². The van der Waals surface area contributed by atoms with E-state index in [1.54, 1.807) is 6.07 Å². The Labute approximate surface area is 213 Å². The lowest BCUT2D eigenvalue weighted by Gasteiger charge is -2.42. The second kappa shape index (κ2) is 9.34. The number of fused-ring (bicyclic) bond motifs is 1. The van der Waals surface area contributed by atoms with Gasteiger partial charge in [-0.1, -0.05) is 29.8 Å². The van der Waals surface area contributed by atoms with Crippen LogP contribution in [0.1, 0.15) is 45.6 Å².